The predicted molar refractivity (Wildman–Crippen MR) is 99.3 cm³/mol. The first-order chi connectivity index (χ1) is 10.5. The van der Waals surface area contributed by atoms with Crippen LogP contribution < -0.4 is 10.6 Å². The number of benzene rings is 1. The zero-order valence-corrected chi connectivity index (χ0v) is 15.9. The maximum atomic E-state index is 12.0. The number of thioether (sulfide) groups is 1. The maximum absolute atomic E-state index is 12.0. The normalized spacial score (nSPS) is 12.1. The molecule has 1 rings (SSSR count). The van der Waals surface area contributed by atoms with Crippen LogP contribution in [0.1, 0.15) is 46.6 Å². The summed E-state index contributed by atoms with van der Waals surface area (Å²) in [6.07, 6.45) is 0.658. The van der Waals surface area contributed by atoms with Crippen LogP contribution in [0.4, 0.5) is 10.5 Å². The molecular weight excluding hydrogens is 308 g/mol. The molecule has 2 amide bonds. The van der Waals surface area contributed by atoms with Gasteiger partial charge in [-0.1, -0.05) is 34.6 Å². The van der Waals surface area contributed by atoms with Crippen molar-refractivity contribution in [1.29, 1.82) is 0 Å². The van der Waals surface area contributed by atoms with Crippen molar-refractivity contribution in [2.24, 2.45) is 5.41 Å². The molecule has 0 aromatic heterocycles. The van der Waals surface area contributed by atoms with Gasteiger partial charge < -0.3 is 15.7 Å². The van der Waals surface area contributed by atoms with E-state index < -0.39 is 0 Å². The van der Waals surface area contributed by atoms with Crippen LogP contribution in [0.15, 0.2) is 23.1 Å². The molecule has 0 bridgehead atoms. The van der Waals surface area contributed by atoms with Gasteiger partial charge in [0.1, 0.15) is 0 Å². The minimum absolute atomic E-state index is 0.117. The molecule has 4 nitrogen and oxygen atoms in total. The Kier molecular flexibility index (Phi) is 6.96. The number of rotatable bonds is 6. The Labute approximate surface area is 144 Å². The monoisotopic (exact) mass is 338 g/mol. The van der Waals surface area contributed by atoms with Gasteiger partial charge in [-0.05, 0) is 42.5 Å². The van der Waals surface area contributed by atoms with Crippen LogP contribution in [-0.2, 0) is 0 Å². The Hall–Kier alpha value is -1.20. The van der Waals surface area contributed by atoms with Crippen molar-refractivity contribution in [3.05, 3.63) is 23.8 Å². The molecule has 0 aliphatic carbocycles. The SMILES string of the molecule is Cc1cc(SC(C)(C)C)ccc1NC(=O)NCC(C)(C)CCO. The molecule has 0 radical (unpaired) electrons. The third kappa shape index (κ3) is 7.75. The van der Waals surface area contributed by atoms with Crippen LogP contribution in [0, 0.1) is 12.3 Å². The molecule has 0 unspecified atom stereocenters. The molecule has 130 valence electrons. The smallest absolute Gasteiger partial charge is 0.319 e. The molecule has 5 heteroatoms. The molecule has 1 aromatic carbocycles. The Balaban J connectivity index is 2.62. The summed E-state index contributed by atoms with van der Waals surface area (Å²) in [5.74, 6) is 0. The van der Waals surface area contributed by atoms with E-state index in [9.17, 15) is 4.79 Å². The molecule has 0 atom stereocenters. The lowest BCUT2D eigenvalue weighted by molar-refractivity contribution is 0.204. The molecule has 1 aromatic rings. The Morgan fingerprint density at radius 2 is 1.87 bits per heavy atom. The Bertz CT molecular complexity index is 536. The molecule has 0 saturated heterocycles. The van der Waals surface area contributed by atoms with E-state index in [1.165, 1.54) is 4.90 Å². The van der Waals surface area contributed by atoms with Gasteiger partial charge in [-0.2, -0.15) is 0 Å². The van der Waals surface area contributed by atoms with Crippen molar-refractivity contribution < 1.29 is 9.90 Å². The van der Waals surface area contributed by atoms with Gasteiger partial charge >= 0.3 is 6.03 Å². The molecule has 23 heavy (non-hydrogen) atoms. The van der Waals surface area contributed by atoms with Crippen LogP contribution in [0.25, 0.3) is 0 Å². The van der Waals surface area contributed by atoms with Crippen molar-refractivity contribution in [3.63, 3.8) is 0 Å². The van der Waals surface area contributed by atoms with Crippen molar-refractivity contribution in [3.8, 4) is 0 Å². The molecule has 3 N–H and O–H groups in total. The predicted octanol–water partition coefficient (Wildman–Crippen LogP) is 4.42. The van der Waals surface area contributed by atoms with Crippen LogP contribution in [0.2, 0.25) is 0 Å². The molecular formula is C18H30N2O2S. The number of nitrogens with one attached hydrogen (secondary N) is 2. The average Bonchev–Trinajstić information content (AvgIpc) is 2.38. The van der Waals surface area contributed by atoms with Crippen LogP contribution >= 0.6 is 11.8 Å². The summed E-state index contributed by atoms with van der Waals surface area (Å²) in [5, 5.41) is 14.8. The van der Waals surface area contributed by atoms with Gasteiger partial charge in [0.2, 0.25) is 0 Å². The van der Waals surface area contributed by atoms with Crippen LogP contribution in [0.5, 0.6) is 0 Å². The molecule has 0 saturated carbocycles. The van der Waals surface area contributed by atoms with Gasteiger partial charge in [0.15, 0.2) is 0 Å². The van der Waals surface area contributed by atoms with E-state index in [-0.39, 0.29) is 22.8 Å². The second-order valence-corrected chi connectivity index (χ2v) is 9.54. The summed E-state index contributed by atoms with van der Waals surface area (Å²) in [6, 6.07) is 5.87. The highest BCUT2D eigenvalue weighted by atomic mass is 32.2. The first-order valence-electron chi connectivity index (χ1n) is 7.98. The fourth-order valence-corrected chi connectivity index (χ4v) is 3.15. The summed E-state index contributed by atoms with van der Waals surface area (Å²) in [4.78, 5) is 13.2. The van der Waals surface area contributed by atoms with Gasteiger partial charge in [0, 0.05) is 28.5 Å². The van der Waals surface area contributed by atoms with E-state index in [1.807, 2.05) is 44.7 Å². The number of hydrogen-bond acceptors (Lipinski definition) is 3. The van der Waals surface area contributed by atoms with E-state index in [1.54, 1.807) is 0 Å². The summed E-state index contributed by atoms with van der Waals surface area (Å²) < 4.78 is 0.164. The van der Waals surface area contributed by atoms with Gasteiger partial charge in [0.05, 0.1) is 0 Å². The van der Waals surface area contributed by atoms with E-state index >= 15 is 0 Å². The quantitative estimate of drug-likeness (QED) is 0.673. The lowest BCUT2D eigenvalue weighted by Gasteiger charge is -2.24. The first-order valence-corrected chi connectivity index (χ1v) is 8.79. The molecule has 0 heterocycles. The van der Waals surface area contributed by atoms with E-state index in [0.29, 0.717) is 13.0 Å². The number of urea groups is 1. The molecule has 0 spiro atoms. The highest BCUT2D eigenvalue weighted by Crippen LogP contribution is 2.33. The maximum Gasteiger partial charge on any atom is 0.319 e. The van der Waals surface area contributed by atoms with E-state index in [0.717, 1.165) is 11.3 Å². The summed E-state index contributed by atoms with van der Waals surface area (Å²) in [5.41, 5.74) is 1.75. The Morgan fingerprint density at radius 1 is 1.22 bits per heavy atom. The fraction of sp³-hybridized carbons (Fsp3) is 0.611. The standard InChI is InChI=1S/C18H30N2O2S/c1-13-11-14(23-17(2,3)4)7-8-15(13)20-16(22)19-12-18(5,6)9-10-21/h7-8,11,21H,9-10,12H2,1-6H3,(H2,19,20,22). The van der Waals surface area contributed by atoms with Gasteiger partial charge in [-0.15, -0.1) is 11.8 Å². The first kappa shape index (κ1) is 19.8. The van der Waals surface area contributed by atoms with Crippen LogP contribution in [0.3, 0.4) is 0 Å². The van der Waals surface area contributed by atoms with Gasteiger partial charge in [-0.25, -0.2) is 4.79 Å². The topological polar surface area (TPSA) is 61.4 Å². The highest BCUT2D eigenvalue weighted by molar-refractivity contribution is 8.00. The second-order valence-electron chi connectivity index (χ2n) is 7.64. The third-order valence-electron chi connectivity index (χ3n) is 3.39. The molecule has 0 aliphatic rings. The van der Waals surface area contributed by atoms with E-state index in [2.05, 4.69) is 37.5 Å². The number of aryl methyl sites for hydroxylation is 1. The summed E-state index contributed by atoms with van der Waals surface area (Å²) in [6.45, 7) is 13.2. The summed E-state index contributed by atoms with van der Waals surface area (Å²) in [7, 11) is 0. The third-order valence-corrected chi connectivity index (χ3v) is 4.49. The number of carbonyl (C=O) groups excluding carboxylic acids is 1. The van der Waals surface area contributed by atoms with Crippen molar-refractivity contribution in [2.75, 3.05) is 18.5 Å². The minimum atomic E-state index is -0.213. The number of amides is 2. The number of aliphatic hydroxyl groups excluding tert-OH is 1. The number of carbonyl (C=O) groups is 1. The van der Waals surface area contributed by atoms with E-state index in [4.69, 9.17) is 5.11 Å². The average molecular weight is 339 g/mol. The van der Waals surface area contributed by atoms with Gasteiger partial charge in [0.25, 0.3) is 0 Å². The van der Waals surface area contributed by atoms with Crippen LogP contribution in [-0.4, -0.2) is 29.0 Å². The van der Waals surface area contributed by atoms with Crippen molar-refractivity contribution in [2.45, 2.75) is 57.6 Å². The summed E-state index contributed by atoms with van der Waals surface area (Å²) >= 11 is 1.81. The second kappa shape index (κ2) is 8.06. The largest absolute Gasteiger partial charge is 0.396 e. The number of hydrogen-bond donors (Lipinski definition) is 3. The van der Waals surface area contributed by atoms with Gasteiger partial charge in [-0.3, -0.25) is 0 Å². The Morgan fingerprint density at radius 3 is 2.39 bits per heavy atom. The zero-order chi connectivity index (χ0) is 17.7. The molecule has 0 fully saturated rings. The highest BCUT2D eigenvalue weighted by Gasteiger charge is 2.18. The minimum Gasteiger partial charge on any atom is -0.396 e. The lowest BCUT2D eigenvalue weighted by atomic mass is 9.90. The van der Waals surface area contributed by atoms with Crippen molar-refractivity contribution >= 4 is 23.5 Å². The lowest BCUT2D eigenvalue weighted by Crippen LogP contribution is -2.37. The number of anilines is 1. The van der Waals surface area contributed by atoms with Crippen molar-refractivity contribution in [1.82, 2.24) is 5.32 Å². The zero-order valence-electron chi connectivity index (χ0n) is 15.1. The number of aliphatic hydroxyl groups is 1. The fourth-order valence-electron chi connectivity index (χ4n) is 2.07. The molecule has 0 aliphatic heterocycles.